The van der Waals surface area contributed by atoms with Crippen molar-refractivity contribution in [2.45, 2.75) is 6.54 Å². The van der Waals surface area contributed by atoms with E-state index < -0.39 is 11.7 Å². The van der Waals surface area contributed by atoms with E-state index in [1.165, 1.54) is 0 Å². The summed E-state index contributed by atoms with van der Waals surface area (Å²) in [6.07, 6.45) is 0. The molecule has 108 valence electrons. The van der Waals surface area contributed by atoms with E-state index in [0.29, 0.717) is 12.1 Å². The molecule has 3 nitrogen and oxygen atoms in total. The summed E-state index contributed by atoms with van der Waals surface area (Å²) in [4.78, 5) is 24.5. The monoisotopic (exact) mass is 289 g/mol. The molecule has 3 rings (SSSR count). The van der Waals surface area contributed by atoms with Crippen LogP contribution in [0.3, 0.4) is 0 Å². The van der Waals surface area contributed by atoms with Crippen molar-refractivity contribution in [1.29, 1.82) is 0 Å². The maximum Gasteiger partial charge on any atom is 0.292 e. The van der Waals surface area contributed by atoms with E-state index in [1.54, 1.807) is 12.1 Å². The first-order chi connectivity index (χ1) is 10.8. The molecule has 0 unspecified atom stereocenters. The minimum atomic E-state index is -0.583. The topological polar surface area (TPSA) is 46.2 Å². The molecule has 22 heavy (non-hydrogen) atoms. The van der Waals surface area contributed by atoms with Crippen molar-refractivity contribution < 1.29 is 9.59 Å². The van der Waals surface area contributed by atoms with Crippen molar-refractivity contribution in [3.05, 3.63) is 83.9 Å². The number of hydrogen-bond acceptors (Lipinski definition) is 2. The number of hydrogen-bond donors (Lipinski definition) is 1. The summed E-state index contributed by atoms with van der Waals surface area (Å²) in [7, 11) is 0. The van der Waals surface area contributed by atoms with Gasteiger partial charge >= 0.3 is 0 Å². The normalized spacial score (nSPS) is 10.4. The Bertz CT molecular complexity index is 820. The molecule has 0 atom stereocenters. The van der Waals surface area contributed by atoms with E-state index in [1.807, 2.05) is 60.7 Å². The highest BCUT2D eigenvalue weighted by Gasteiger charge is 2.17. The average Bonchev–Trinajstić information content (AvgIpc) is 2.59. The zero-order chi connectivity index (χ0) is 15.4. The first-order valence-electron chi connectivity index (χ1n) is 7.10. The molecule has 0 aromatic heterocycles. The van der Waals surface area contributed by atoms with Crippen LogP contribution in [-0.4, -0.2) is 11.7 Å². The predicted octanol–water partition coefficient (Wildman–Crippen LogP) is 3.34. The highest BCUT2D eigenvalue weighted by molar-refractivity contribution is 6.44. The zero-order valence-electron chi connectivity index (χ0n) is 12.0. The molecule has 0 aliphatic rings. The minimum Gasteiger partial charge on any atom is -0.345 e. The van der Waals surface area contributed by atoms with Crippen LogP contribution in [0.2, 0.25) is 0 Å². The maximum atomic E-state index is 12.4. The van der Waals surface area contributed by atoms with Crippen LogP contribution in [0.1, 0.15) is 15.9 Å². The number of fused-ring (bicyclic) bond motifs is 1. The van der Waals surface area contributed by atoms with Gasteiger partial charge in [0.1, 0.15) is 0 Å². The smallest absolute Gasteiger partial charge is 0.292 e. The third kappa shape index (κ3) is 2.88. The van der Waals surface area contributed by atoms with Crippen molar-refractivity contribution >= 4 is 22.5 Å². The van der Waals surface area contributed by atoms with Gasteiger partial charge in [-0.1, -0.05) is 72.8 Å². The summed E-state index contributed by atoms with van der Waals surface area (Å²) in [5.41, 5.74) is 1.39. The molecule has 0 aliphatic carbocycles. The van der Waals surface area contributed by atoms with Crippen molar-refractivity contribution in [3.63, 3.8) is 0 Å². The molecular weight excluding hydrogens is 274 g/mol. The summed E-state index contributed by atoms with van der Waals surface area (Å²) in [5, 5.41) is 4.42. The Hall–Kier alpha value is -2.94. The third-order valence-corrected chi connectivity index (χ3v) is 3.54. The Labute approximate surface area is 128 Å². The Balaban J connectivity index is 1.79. The molecule has 0 fully saturated rings. The van der Waals surface area contributed by atoms with E-state index >= 15 is 0 Å². The summed E-state index contributed by atoms with van der Waals surface area (Å²) in [6, 6.07) is 22.5. The summed E-state index contributed by atoms with van der Waals surface area (Å²) in [6.45, 7) is 0.343. The van der Waals surface area contributed by atoms with Crippen LogP contribution in [0.5, 0.6) is 0 Å². The van der Waals surface area contributed by atoms with Crippen LogP contribution >= 0.6 is 0 Å². The summed E-state index contributed by atoms with van der Waals surface area (Å²) < 4.78 is 0. The van der Waals surface area contributed by atoms with Crippen molar-refractivity contribution in [3.8, 4) is 0 Å². The van der Waals surface area contributed by atoms with Gasteiger partial charge in [-0.25, -0.2) is 0 Å². The molecule has 0 heterocycles. The van der Waals surface area contributed by atoms with Gasteiger partial charge in [0.15, 0.2) is 0 Å². The predicted molar refractivity (Wildman–Crippen MR) is 86.6 cm³/mol. The number of Topliss-reactive ketones (excluding diaryl/α,β-unsaturated/α-hetero) is 1. The Morgan fingerprint density at radius 2 is 1.45 bits per heavy atom. The summed E-state index contributed by atoms with van der Waals surface area (Å²) in [5.74, 6) is -1.09. The van der Waals surface area contributed by atoms with Crippen LogP contribution in [0.4, 0.5) is 0 Å². The van der Waals surface area contributed by atoms with E-state index in [2.05, 4.69) is 5.32 Å². The van der Waals surface area contributed by atoms with E-state index in [9.17, 15) is 9.59 Å². The van der Waals surface area contributed by atoms with Crippen LogP contribution < -0.4 is 5.32 Å². The largest absolute Gasteiger partial charge is 0.345 e. The lowest BCUT2D eigenvalue weighted by Crippen LogP contribution is -2.30. The summed E-state index contributed by atoms with van der Waals surface area (Å²) >= 11 is 0. The number of nitrogens with one attached hydrogen (secondary N) is 1. The number of benzene rings is 3. The molecule has 0 saturated carbocycles. The van der Waals surface area contributed by atoms with Gasteiger partial charge in [-0.05, 0) is 16.3 Å². The van der Waals surface area contributed by atoms with Crippen LogP contribution in [0, 0.1) is 0 Å². The molecule has 0 aliphatic heterocycles. The number of carbonyl (C=O) groups excluding carboxylic acids is 2. The highest BCUT2D eigenvalue weighted by atomic mass is 16.2. The molecule has 0 radical (unpaired) electrons. The van der Waals surface area contributed by atoms with Gasteiger partial charge in [-0.2, -0.15) is 0 Å². The average molecular weight is 289 g/mol. The second kappa shape index (κ2) is 6.22. The first-order valence-corrected chi connectivity index (χ1v) is 7.10. The van der Waals surface area contributed by atoms with Gasteiger partial charge in [-0.15, -0.1) is 0 Å². The number of ketones is 1. The van der Waals surface area contributed by atoms with Crippen molar-refractivity contribution in [2.75, 3.05) is 0 Å². The fraction of sp³-hybridized carbons (Fsp3) is 0.0526. The first kappa shape index (κ1) is 14.0. The van der Waals surface area contributed by atoms with Gasteiger partial charge in [0, 0.05) is 12.1 Å². The van der Waals surface area contributed by atoms with Crippen molar-refractivity contribution in [1.82, 2.24) is 5.32 Å². The van der Waals surface area contributed by atoms with Gasteiger partial charge in [-0.3, -0.25) is 9.59 Å². The standard InChI is InChI=1S/C19H15NO2/c21-18(19(22)20-13-14-7-2-1-3-8-14)17-12-6-10-15-9-4-5-11-16(15)17/h1-12H,13H2,(H,20,22). The van der Waals surface area contributed by atoms with E-state index in [0.717, 1.165) is 16.3 Å². The molecule has 1 amide bonds. The molecule has 1 N–H and O–H groups in total. The van der Waals surface area contributed by atoms with Crippen molar-refractivity contribution in [2.24, 2.45) is 0 Å². The zero-order valence-corrected chi connectivity index (χ0v) is 12.0. The van der Waals surface area contributed by atoms with Gasteiger partial charge in [0.2, 0.25) is 0 Å². The molecule has 0 saturated heterocycles. The molecule has 0 bridgehead atoms. The van der Waals surface area contributed by atoms with E-state index in [4.69, 9.17) is 0 Å². The van der Waals surface area contributed by atoms with Gasteiger partial charge in [0.25, 0.3) is 11.7 Å². The lowest BCUT2D eigenvalue weighted by Gasteiger charge is -2.07. The molecular formula is C19H15NO2. The van der Waals surface area contributed by atoms with Crippen LogP contribution in [0.15, 0.2) is 72.8 Å². The van der Waals surface area contributed by atoms with Gasteiger partial charge in [0.05, 0.1) is 0 Å². The van der Waals surface area contributed by atoms with Gasteiger partial charge < -0.3 is 5.32 Å². The highest BCUT2D eigenvalue weighted by Crippen LogP contribution is 2.18. The lowest BCUT2D eigenvalue weighted by molar-refractivity contribution is -0.117. The number of carbonyl (C=O) groups is 2. The Morgan fingerprint density at radius 3 is 2.27 bits per heavy atom. The maximum absolute atomic E-state index is 12.4. The fourth-order valence-corrected chi connectivity index (χ4v) is 2.40. The van der Waals surface area contributed by atoms with Crippen LogP contribution in [-0.2, 0) is 11.3 Å². The molecule has 3 heteroatoms. The lowest BCUT2D eigenvalue weighted by atomic mass is 10.0. The molecule has 3 aromatic rings. The fourth-order valence-electron chi connectivity index (χ4n) is 2.40. The minimum absolute atomic E-state index is 0.343. The van der Waals surface area contributed by atoms with Crippen LogP contribution in [0.25, 0.3) is 10.8 Å². The molecule has 3 aromatic carbocycles. The second-order valence-electron chi connectivity index (χ2n) is 5.02. The third-order valence-electron chi connectivity index (χ3n) is 3.54. The Kier molecular flexibility index (Phi) is 3.97. The quantitative estimate of drug-likeness (QED) is 0.591. The Morgan fingerprint density at radius 1 is 0.773 bits per heavy atom. The SMILES string of the molecule is O=C(NCc1ccccc1)C(=O)c1cccc2ccccc12. The van der Waals surface area contributed by atoms with E-state index in [-0.39, 0.29) is 0 Å². The number of amides is 1. The second-order valence-corrected chi connectivity index (χ2v) is 5.02. The number of rotatable bonds is 4. The molecule has 0 spiro atoms.